The lowest BCUT2D eigenvalue weighted by Gasteiger charge is -2.29. The lowest BCUT2D eigenvalue weighted by Crippen LogP contribution is -2.48. The average molecular weight is 334 g/mol. The third-order valence-corrected chi connectivity index (χ3v) is 5.78. The molecule has 0 aromatic rings. The molecule has 6 nitrogen and oxygen atoms in total. The third kappa shape index (κ3) is 11.1. The van der Waals surface area contributed by atoms with E-state index in [1.165, 1.54) is 0 Å². The summed E-state index contributed by atoms with van der Waals surface area (Å²) in [5.41, 5.74) is 5.34. The Labute approximate surface area is 137 Å². The smallest absolute Gasteiger partial charge is 0.388 e. The zero-order chi connectivity index (χ0) is 16.7. The molecular formula is C15H35N3O3Si. The molecule has 0 spiro atoms. The van der Waals surface area contributed by atoms with Crippen LogP contribution < -0.4 is 11.1 Å². The molecule has 0 saturated heterocycles. The van der Waals surface area contributed by atoms with Gasteiger partial charge in [-0.2, -0.15) is 0 Å². The van der Waals surface area contributed by atoms with Crippen LogP contribution in [0.1, 0.15) is 52.9 Å². The number of nitrogens with two attached hydrogens (primary N) is 1. The second-order valence-electron chi connectivity index (χ2n) is 5.36. The SMILES string of the molecule is CCCO[Si](CCNCCCC(=N)N)(OCCC)OCCC. The Hall–Kier alpha value is -0.473. The zero-order valence-corrected chi connectivity index (χ0v) is 15.6. The number of nitrogens with one attached hydrogen (secondary N) is 2. The molecule has 22 heavy (non-hydrogen) atoms. The summed E-state index contributed by atoms with van der Waals surface area (Å²) in [7, 11) is -2.57. The molecule has 4 N–H and O–H groups in total. The minimum atomic E-state index is -2.57. The Bertz CT molecular complexity index is 259. The highest BCUT2D eigenvalue weighted by atomic mass is 28.4. The van der Waals surface area contributed by atoms with E-state index in [2.05, 4.69) is 26.1 Å². The van der Waals surface area contributed by atoms with Crippen molar-refractivity contribution in [1.82, 2.24) is 5.32 Å². The van der Waals surface area contributed by atoms with E-state index in [9.17, 15) is 0 Å². The number of rotatable bonds is 16. The van der Waals surface area contributed by atoms with Crippen molar-refractivity contribution in [3.8, 4) is 0 Å². The molecular weight excluding hydrogens is 298 g/mol. The lowest BCUT2D eigenvalue weighted by atomic mass is 10.3. The highest BCUT2D eigenvalue weighted by Crippen LogP contribution is 2.17. The summed E-state index contributed by atoms with van der Waals surface area (Å²) in [5.74, 6) is 0.245. The maximum atomic E-state index is 7.20. The van der Waals surface area contributed by atoms with Crippen LogP contribution in [0, 0.1) is 5.41 Å². The molecule has 132 valence electrons. The van der Waals surface area contributed by atoms with Crippen LogP contribution in [0.4, 0.5) is 0 Å². The van der Waals surface area contributed by atoms with Gasteiger partial charge in [0.25, 0.3) is 0 Å². The van der Waals surface area contributed by atoms with Gasteiger partial charge < -0.3 is 24.3 Å². The van der Waals surface area contributed by atoms with Gasteiger partial charge in [-0.1, -0.05) is 20.8 Å². The average Bonchev–Trinajstić information content (AvgIpc) is 2.51. The summed E-state index contributed by atoms with van der Waals surface area (Å²) >= 11 is 0. The molecule has 0 heterocycles. The Kier molecular flexibility index (Phi) is 13.8. The van der Waals surface area contributed by atoms with Crippen LogP contribution in [-0.4, -0.2) is 47.6 Å². The molecule has 0 fully saturated rings. The van der Waals surface area contributed by atoms with E-state index in [0.717, 1.165) is 44.8 Å². The molecule has 0 aromatic heterocycles. The largest absolute Gasteiger partial charge is 0.502 e. The van der Waals surface area contributed by atoms with Gasteiger partial charge in [-0.05, 0) is 38.8 Å². The summed E-state index contributed by atoms with van der Waals surface area (Å²) in [6, 6.07) is 0.785. The summed E-state index contributed by atoms with van der Waals surface area (Å²) in [4.78, 5) is 0. The predicted octanol–water partition coefficient (Wildman–Crippen LogP) is 2.51. The molecule has 0 radical (unpaired) electrons. The summed E-state index contributed by atoms with van der Waals surface area (Å²) in [6.07, 6.45) is 4.41. The Morgan fingerprint density at radius 1 is 0.955 bits per heavy atom. The van der Waals surface area contributed by atoms with Crippen LogP contribution in [0.15, 0.2) is 0 Å². The first-order valence-electron chi connectivity index (χ1n) is 8.55. The van der Waals surface area contributed by atoms with E-state index in [-0.39, 0.29) is 5.84 Å². The van der Waals surface area contributed by atoms with Gasteiger partial charge in [-0.15, -0.1) is 0 Å². The second kappa shape index (κ2) is 14.1. The maximum Gasteiger partial charge on any atom is 0.502 e. The molecule has 7 heteroatoms. The topological polar surface area (TPSA) is 89.6 Å². The minimum absolute atomic E-state index is 0.245. The van der Waals surface area contributed by atoms with Gasteiger partial charge in [0, 0.05) is 32.3 Å². The molecule has 0 unspecified atom stereocenters. The molecule has 0 atom stereocenters. The molecule has 0 bridgehead atoms. The van der Waals surface area contributed by atoms with Crippen LogP contribution in [0.2, 0.25) is 6.04 Å². The van der Waals surface area contributed by atoms with Gasteiger partial charge in [-0.3, -0.25) is 5.41 Å². The van der Waals surface area contributed by atoms with Crippen molar-refractivity contribution in [1.29, 1.82) is 5.41 Å². The summed E-state index contributed by atoms with van der Waals surface area (Å²) in [5, 5.41) is 10.6. The Morgan fingerprint density at radius 2 is 1.45 bits per heavy atom. The lowest BCUT2D eigenvalue weighted by molar-refractivity contribution is 0.0593. The van der Waals surface area contributed by atoms with E-state index in [1.54, 1.807) is 0 Å². The van der Waals surface area contributed by atoms with Gasteiger partial charge in [0.15, 0.2) is 0 Å². The molecule has 0 rings (SSSR count). The Balaban J connectivity index is 4.29. The first-order valence-corrected chi connectivity index (χ1v) is 10.5. The highest BCUT2D eigenvalue weighted by Gasteiger charge is 2.40. The van der Waals surface area contributed by atoms with Crippen LogP contribution in [0.5, 0.6) is 0 Å². The normalized spacial score (nSPS) is 11.8. The number of amidine groups is 1. The van der Waals surface area contributed by atoms with Crippen LogP contribution in [0.3, 0.4) is 0 Å². The van der Waals surface area contributed by atoms with E-state index in [0.29, 0.717) is 26.2 Å². The fourth-order valence-electron chi connectivity index (χ4n) is 1.88. The standard InChI is InChI=1S/C15H35N3O3Si/c1-4-11-19-22(20-12-5-2,21-13-6-3)14-10-18-9-7-8-15(16)17/h18H,4-14H2,1-3H3,(H3,16,17). The van der Waals surface area contributed by atoms with E-state index in [4.69, 9.17) is 24.4 Å². The van der Waals surface area contributed by atoms with Crippen LogP contribution >= 0.6 is 0 Å². The van der Waals surface area contributed by atoms with Crippen molar-refractivity contribution >= 4 is 14.6 Å². The first-order chi connectivity index (χ1) is 10.6. The number of hydrogen-bond donors (Lipinski definition) is 3. The van der Waals surface area contributed by atoms with Crippen molar-refractivity contribution < 1.29 is 13.3 Å². The molecule has 0 aliphatic rings. The Morgan fingerprint density at radius 3 is 1.86 bits per heavy atom. The second-order valence-corrected chi connectivity index (χ2v) is 8.09. The van der Waals surface area contributed by atoms with Crippen molar-refractivity contribution in [2.75, 3.05) is 32.9 Å². The van der Waals surface area contributed by atoms with Crippen molar-refractivity contribution in [3.05, 3.63) is 0 Å². The van der Waals surface area contributed by atoms with Crippen LogP contribution in [-0.2, 0) is 13.3 Å². The van der Waals surface area contributed by atoms with E-state index < -0.39 is 8.80 Å². The molecule has 0 aliphatic heterocycles. The third-order valence-electron chi connectivity index (χ3n) is 2.99. The zero-order valence-electron chi connectivity index (χ0n) is 14.6. The van der Waals surface area contributed by atoms with Gasteiger partial charge in [0.2, 0.25) is 0 Å². The van der Waals surface area contributed by atoms with Crippen LogP contribution in [0.25, 0.3) is 0 Å². The summed E-state index contributed by atoms with van der Waals surface area (Å²) in [6.45, 7) is 10.00. The van der Waals surface area contributed by atoms with Gasteiger partial charge in [-0.25, -0.2) is 0 Å². The molecule has 0 amide bonds. The van der Waals surface area contributed by atoms with E-state index >= 15 is 0 Å². The summed E-state index contributed by atoms with van der Waals surface area (Å²) < 4.78 is 18.1. The van der Waals surface area contributed by atoms with Crippen molar-refractivity contribution in [2.45, 2.75) is 58.9 Å². The van der Waals surface area contributed by atoms with Crippen molar-refractivity contribution in [3.63, 3.8) is 0 Å². The molecule has 0 aromatic carbocycles. The maximum absolute atomic E-state index is 7.20. The first kappa shape index (κ1) is 21.5. The quantitative estimate of drug-likeness (QED) is 0.175. The number of hydrogen-bond acceptors (Lipinski definition) is 5. The molecule has 0 saturated carbocycles. The van der Waals surface area contributed by atoms with Gasteiger partial charge in [0.1, 0.15) is 0 Å². The monoisotopic (exact) mass is 333 g/mol. The van der Waals surface area contributed by atoms with Gasteiger partial charge in [0.05, 0.1) is 5.84 Å². The van der Waals surface area contributed by atoms with E-state index in [1.807, 2.05) is 0 Å². The fraction of sp³-hybridized carbons (Fsp3) is 0.933. The minimum Gasteiger partial charge on any atom is -0.388 e. The van der Waals surface area contributed by atoms with Gasteiger partial charge >= 0.3 is 8.80 Å². The fourth-order valence-corrected chi connectivity index (χ4v) is 4.60. The highest BCUT2D eigenvalue weighted by molar-refractivity contribution is 6.60. The predicted molar refractivity (Wildman–Crippen MR) is 93.3 cm³/mol. The molecule has 0 aliphatic carbocycles. The van der Waals surface area contributed by atoms with Crippen molar-refractivity contribution in [2.24, 2.45) is 5.73 Å².